The molecule has 0 saturated carbocycles. The molecule has 2 aliphatic rings. The van der Waals surface area contributed by atoms with Gasteiger partial charge < -0.3 is 19.9 Å². The Bertz CT molecular complexity index is 925. The van der Waals surface area contributed by atoms with Gasteiger partial charge in [-0.15, -0.1) is 11.3 Å². The molecule has 27 heavy (non-hydrogen) atoms. The van der Waals surface area contributed by atoms with Gasteiger partial charge in [-0.2, -0.15) is 4.98 Å². The van der Waals surface area contributed by atoms with Gasteiger partial charge in [-0.25, -0.2) is 9.97 Å². The minimum atomic E-state index is 0.355. The maximum absolute atomic E-state index is 5.41. The van der Waals surface area contributed by atoms with Gasteiger partial charge >= 0.3 is 0 Å². The van der Waals surface area contributed by atoms with E-state index in [1.54, 1.807) is 11.3 Å². The van der Waals surface area contributed by atoms with Crippen LogP contribution in [-0.2, 0) is 4.74 Å². The Hall–Kier alpha value is -2.45. The number of nitrogens with zero attached hydrogens (tertiary/aromatic N) is 5. The van der Waals surface area contributed by atoms with Gasteiger partial charge in [0.05, 0.1) is 13.2 Å². The van der Waals surface area contributed by atoms with Crippen LogP contribution in [-0.4, -0.2) is 60.4 Å². The van der Waals surface area contributed by atoms with Crippen molar-refractivity contribution in [1.82, 2.24) is 15.0 Å². The summed E-state index contributed by atoms with van der Waals surface area (Å²) in [5.74, 6) is 2.76. The van der Waals surface area contributed by atoms with E-state index in [0.29, 0.717) is 6.04 Å². The smallest absolute Gasteiger partial charge is 0.227 e. The predicted molar refractivity (Wildman–Crippen MR) is 109 cm³/mol. The molecule has 0 amide bonds. The summed E-state index contributed by atoms with van der Waals surface area (Å²) in [4.78, 5) is 18.3. The van der Waals surface area contributed by atoms with Gasteiger partial charge in [-0.3, -0.25) is 0 Å². The Morgan fingerprint density at radius 3 is 2.85 bits per heavy atom. The van der Waals surface area contributed by atoms with Crippen molar-refractivity contribution < 1.29 is 4.74 Å². The van der Waals surface area contributed by atoms with Gasteiger partial charge in [0, 0.05) is 54.7 Å². The van der Waals surface area contributed by atoms with Crippen molar-refractivity contribution in [3.63, 3.8) is 0 Å². The highest BCUT2D eigenvalue weighted by molar-refractivity contribution is 7.17. The molecule has 7 nitrogen and oxygen atoms in total. The van der Waals surface area contributed by atoms with Crippen LogP contribution in [0.5, 0.6) is 0 Å². The number of pyridine rings is 1. The van der Waals surface area contributed by atoms with E-state index in [9.17, 15) is 0 Å². The van der Waals surface area contributed by atoms with Crippen LogP contribution in [0.2, 0.25) is 0 Å². The Morgan fingerprint density at radius 1 is 1.04 bits per heavy atom. The number of aromatic nitrogens is 3. The van der Waals surface area contributed by atoms with Crippen molar-refractivity contribution in [3.8, 4) is 0 Å². The second-order valence-electron chi connectivity index (χ2n) is 6.88. The summed E-state index contributed by atoms with van der Waals surface area (Å²) in [7, 11) is 0. The lowest BCUT2D eigenvalue weighted by Gasteiger charge is -2.27. The molecular weight excluding hydrogens is 360 g/mol. The summed E-state index contributed by atoms with van der Waals surface area (Å²) in [5, 5.41) is 6.97. The highest BCUT2D eigenvalue weighted by Crippen LogP contribution is 2.30. The lowest BCUT2D eigenvalue weighted by atomic mass is 10.2. The molecule has 1 atom stereocenters. The summed E-state index contributed by atoms with van der Waals surface area (Å²) < 4.78 is 6.71. The molecule has 2 aliphatic heterocycles. The SMILES string of the molecule is c1cc(NC2CCN(c3nccc4sccc34)C2)nc(N2CCOCC2)n1. The highest BCUT2D eigenvalue weighted by atomic mass is 32.1. The molecule has 0 aromatic carbocycles. The minimum absolute atomic E-state index is 0.355. The Balaban J connectivity index is 1.28. The van der Waals surface area contributed by atoms with Crippen molar-refractivity contribution in [2.24, 2.45) is 0 Å². The molecule has 1 N–H and O–H groups in total. The Kier molecular flexibility index (Phi) is 4.51. The van der Waals surface area contributed by atoms with Gasteiger partial charge in [-0.05, 0) is 30.0 Å². The number of fused-ring (bicyclic) bond motifs is 1. The number of thiophene rings is 1. The van der Waals surface area contributed by atoms with E-state index in [1.165, 1.54) is 10.1 Å². The van der Waals surface area contributed by atoms with E-state index in [2.05, 4.69) is 42.6 Å². The van der Waals surface area contributed by atoms with Crippen LogP contribution < -0.4 is 15.1 Å². The molecule has 0 aliphatic carbocycles. The normalized spacial score (nSPS) is 20.4. The van der Waals surface area contributed by atoms with Gasteiger partial charge in [0.15, 0.2) is 0 Å². The molecular formula is C19H22N6OS. The van der Waals surface area contributed by atoms with Crippen molar-refractivity contribution in [2.45, 2.75) is 12.5 Å². The highest BCUT2D eigenvalue weighted by Gasteiger charge is 2.25. The van der Waals surface area contributed by atoms with Crippen LogP contribution in [0.25, 0.3) is 10.1 Å². The number of nitrogens with one attached hydrogen (secondary N) is 1. The Morgan fingerprint density at radius 2 is 1.93 bits per heavy atom. The summed E-state index contributed by atoms with van der Waals surface area (Å²) in [6, 6.07) is 6.56. The van der Waals surface area contributed by atoms with Crippen LogP contribution in [0.15, 0.2) is 36.0 Å². The summed E-state index contributed by atoms with van der Waals surface area (Å²) in [5.41, 5.74) is 0. The fraction of sp³-hybridized carbons (Fsp3) is 0.421. The predicted octanol–water partition coefficient (Wildman–Crippen LogP) is 2.61. The molecule has 5 heterocycles. The van der Waals surface area contributed by atoms with Crippen molar-refractivity contribution in [1.29, 1.82) is 0 Å². The second kappa shape index (κ2) is 7.28. The van der Waals surface area contributed by atoms with E-state index in [0.717, 1.165) is 63.4 Å². The average molecular weight is 382 g/mol. The van der Waals surface area contributed by atoms with Crippen LogP contribution in [0.1, 0.15) is 6.42 Å². The number of hydrogen-bond acceptors (Lipinski definition) is 8. The molecule has 3 aromatic rings. The molecule has 2 saturated heterocycles. The third-order valence-corrected chi connectivity index (χ3v) is 6.02. The van der Waals surface area contributed by atoms with Gasteiger partial charge in [0.25, 0.3) is 0 Å². The Labute approximate surface area is 162 Å². The number of rotatable bonds is 4. The zero-order valence-electron chi connectivity index (χ0n) is 15.0. The fourth-order valence-corrected chi connectivity index (χ4v) is 4.53. The standard InChI is InChI=1S/C19H22N6OS/c1-5-20-18(15-4-12-27-16(1)15)25-7-3-14(13-25)22-17-2-6-21-19(23-17)24-8-10-26-11-9-24/h1-2,4-6,12,14H,3,7-11,13H2,(H,21,22,23). The number of hydrogen-bond donors (Lipinski definition) is 1. The van der Waals surface area contributed by atoms with E-state index in [-0.39, 0.29) is 0 Å². The van der Waals surface area contributed by atoms with Gasteiger partial charge in [0.1, 0.15) is 11.6 Å². The van der Waals surface area contributed by atoms with E-state index < -0.39 is 0 Å². The van der Waals surface area contributed by atoms with Crippen LogP contribution in [0.4, 0.5) is 17.6 Å². The van der Waals surface area contributed by atoms with E-state index in [4.69, 9.17) is 9.72 Å². The first-order chi connectivity index (χ1) is 13.4. The summed E-state index contributed by atoms with van der Waals surface area (Å²) >= 11 is 1.77. The maximum atomic E-state index is 5.41. The number of morpholine rings is 1. The fourth-order valence-electron chi connectivity index (χ4n) is 3.76. The lowest BCUT2D eigenvalue weighted by Crippen LogP contribution is -2.37. The quantitative estimate of drug-likeness (QED) is 0.744. The van der Waals surface area contributed by atoms with Crippen LogP contribution in [0, 0.1) is 0 Å². The number of ether oxygens (including phenoxy) is 1. The summed E-state index contributed by atoms with van der Waals surface area (Å²) in [6.45, 7) is 5.09. The maximum Gasteiger partial charge on any atom is 0.227 e. The topological polar surface area (TPSA) is 66.4 Å². The third kappa shape index (κ3) is 3.42. The van der Waals surface area contributed by atoms with Crippen LogP contribution >= 0.6 is 11.3 Å². The largest absolute Gasteiger partial charge is 0.378 e. The molecule has 2 fully saturated rings. The molecule has 140 valence electrons. The van der Waals surface area contributed by atoms with Gasteiger partial charge in [-0.1, -0.05) is 0 Å². The second-order valence-corrected chi connectivity index (χ2v) is 7.83. The third-order valence-electron chi connectivity index (χ3n) is 5.14. The molecule has 0 bridgehead atoms. The average Bonchev–Trinajstić information content (AvgIpc) is 3.38. The monoisotopic (exact) mass is 382 g/mol. The minimum Gasteiger partial charge on any atom is -0.378 e. The van der Waals surface area contributed by atoms with Crippen LogP contribution in [0.3, 0.4) is 0 Å². The molecule has 8 heteroatoms. The van der Waals surface area contributed by atoms with E-state index in [1.807, 2.05) is 18.5 Å². The molecule has 5 rings (SSSR count). The lowest BCUT2D eigenvalue weighted by molar-refractivity contribution is 0.122. The first-order valence-corrected chi connectivity index (χ1v) is 10.2. The van der Waals surface area contributed by atoms with Gasteiger partial charge in [0.2, 0.25) is 5.95 Å². The molecule has 0 spiro atoms. The zero-order valence-corrected chi connectivity index (χ0v) is 15.9. The first kappa shape index (κ1) is 16.7. The molecule has 0 radical (unpaired) electrons. The van der Waals surface area contributed by atoms with Crippen molar-refractivity contribution in [2.75, 3.05) is 54.5 Å². The van der Waals surface area contributed by atoms with E-state index >= 15 is 0 Å². The van der Waals surface area contributed by atoms with Crippen molar-refractivity contribution >= 4 is 39.0 Å². The first-order valence-electron chi connectivity index (χ1n) is 9.36. The molecule has 1 unspecified atom stereocenters. The summed E-state index contributed by atoms with van der Waals surface area (Å²) in [6.07, 6.45) is 4.81. The van der Waals surface area contributed by atoms with Crippen molar-refractivity contribution in [3.05, 3.63) is 36.0 Å². The zero-order chi connectivity index (χ0) is 18.1. The number of anilines is 3. The molecule has 3 aromatic heterocycles.